The van der Waals surface area contributed by atoms with E-state index >= 15 is 0 Å². The fourth-order valence-electron chi connectivity index (χ4n) is 1.61. The van der Waals surface area contributed by atoms with Crippen LogP contribution in [0.25, 0.3) is 16.5 Å². The zero-order valence-corrected chi connectivity index (χ0v) is 21.7. The van der Waals surface area contributed by atoms with E-state index in [2.05, 4.69) is 60.9 Å². The Bertz CT molecular complexity index is 533. The van der Waals surface area contributed by atoms with Gasteiger partial charge in [-0.15, -0.1) is 58.8 Å². The van der Waals surface area contributed by atoms with Crippen molar-refractivity contribution in [2.75, 3.05) is 0 Å². The SMILES string of the molecule is CC(C)(C)[NH-].Cc1cc2c(C)cc(Br)cc2[cH-]1.Cl.Cl.[CH3-].[CH3-].[Si]=[Zr]. The third-order valence-corrected chi connectivity index (χ3v) is 2.60. The standard InChI is InChI=1S/C11H10Br.C4H10N.2CH3.2ClH.Si.Zr/c1-7-3-9-6-10(12)5-8(2)11(9)4-7;1-4(2,3)5;;;;;;/h3-6H,1-2H3;5H,1-3H3;2*1H3;2*1H;;/q4*-1;;;;. The molecule has 6 heteroatoms. The number of halogens is 3. The molecule has 0 atom stereocenters. The summed E-state index contributed by atoms with van der Waals surface area (Å²) in [5, 5.41) is 2.70. The van der Waals surface area contributed by atoms with Crippen LogP contribution in [0.1, 0.15) is 31.9 Å². The van der Waals surface area contributed by atoms with Crippen molar-refractivity contribution < 1.29 is 23.3 Å². The summed E-state index contributed by atoms with van der Waals surface area (Å²) in [7, 11) is 0. The van der Waals surface area contributed by atoms with E-state index in [4.69, 9.17) is 5.73 Å². The molecule has 1 N–H and O–H groups in total. The Labute approximate surface area is 181 Å². The molecule has 0 aromatic heterocycles. The molecular formula is C17H28BrCl2NSiZr-4. The summed E-state index contributed by atoms with van der Waals surface area (Å²) >= 11 is 4.85. The van der Waals surface area contributed by atoms with Crippen molar-refractivity contribution in [2.45, 2.75) is 40.2 Å². The Morgan fingerprint density at radius 3 is 1.83 bits per heavy atom. The molecule has 2 aromatic rings. The van der Waals surface area contributed by atoms with Gasteiger partial charge in [0.05, 0.1) is 0 Å². The van der Waals surface area contributed by atoms with Crippen molar-refractivity contribution in [3.05, 3.63) is 60.5 Å². The van der Waals surface area contributed by atoms with Gasteiger partial charge in [-0.2, -0.15) is 6.07 Å². The van der Waals surface area contributed by atoms with Gasteiger partial charge in [0.2, 0.25) is 0 Å². The van der Waals surface area contributed by atoms with Gasteiger partial charge in [-0.3, -0.25) is 0 Å². The topological polar surface area (TPSA) is 23.8 Å². The molecule has 0 heterocycles. The van der Waals surface area contributed by atoms with Gasteiger partial charge in [0, 0.05) is 0 Å². The molecule has 2 aromatic carbocycles. The molecule has 0 amide bonds. The number of fused-ring (bicyclic) bond motifs is 1. The molecular weight excluding hydrogens is 488 g/mol. The third-order valence-electron chi connectivity index (χ3n) is 2.14. The zero-order valence-electron chi connectivity index (χ0n) is 15.0. The van der Waals surface area contributed by atoms with Crippen LogP contribution in [0.5, 0.6) is 0 Å². The van der Waals surface area contributed by atoms with Crippen LogP contribution in [0.4, 0.5) is 0 Å². The van der Waals surface area contributed by atoms with Gasteiger partial charge in [-0.1, -0.05) is 55.3 Å². The van der Waals surface area contributed by atoms with Crippen molar-refractivity contribution in [3.8, 4) is 0 Å². The third kappa shape index (κ3) is 16.2. The normalized spacial score (nSPS) is 8.43. The Balaban J connectivity index is -0.0000000871. The van der Waals surface area contributed by atoms with Gasteiger partial charge < -0.3 is 20.6 Å². The van der Waals surface area contributed by atoms with E-state index in [1.54, 1.807) is 0 Å². The van der Waals surface area contributed by atoms with E-state index in [-0.39, 0.29) is 45.2 Å². The van der Waals surface area contributed by atoms with Gasteiger partial charge in [0.15, 0.2) is 0 Å². The van der Waals surface area contributed by atoms with Crippen molar-refractivity contribution in [1.29, 1.82) is 0 Å². The summed E-state index contributed by atoms with van der Waals surface area (Å²) < 4.78 is 1.16. The summed E-state index contributed by atoms with van der Waals surface area (Å²) in [5.74, 6) is 0. The molecule has 0 aliphatic carbocycles. The first-order valence-electron chi connectivity index (χ1n) is 6.00. The van der Waals surface area contributed by atoms with E-state index in [1.807, 2.05) is 20.8 Å². The molecule has 1 nitrogen and oxygen atoms in total. The second kappa shape index (κ2) is 16.4. The van der Waals surface area contributed by atoms with E-state index < -0.39 is 0 Å². The first-order valence-corrected chi connectivity index (χ1v) is 11.0. The predicted molar refractivity (Wildman–Crippen MR) is 114 cm³/mol. The van der Waals surface area contributed by atoms with Crippen LogP contribution in [0.15, 0.2) is 28.7 Å². The first-order chi connectivity index (χ1) is 8.66. The van der Waals surface area contributed by atoms with Gasteiger partial charge in [0.1, 0.15) is 0 Å². The van der Waals surface area contributed by atoms with Gasteiger partial charge in [-0.25, -0.2) is 0 Å². The molecule has 0 spiro atoms. The molecule has 0 saturated heterocycles. The van der Waals surface area contributed by atoms with Crippen molar-refractivity contribution >= 4 is 58.4 Å². The quantitative estimate of drug-likeness (QED) is 0.263. The fourth-order valence-corrected chi connectivity index (χ4v) is 2.20. The van der Waals surface area contributed by atoms with Crippen LogP contribution < -0.4 is 0 Å². The molecule has 0 unspecified atom stereocenters. The zero-order chi connectivity index (χ0) is 15.2. The molecule has 2 rings (SSSR count). The summed E-state index contributed by atoms with van der Waals surface area (Å²) in [6, 6.07) is 8.77. The molecule has 134 valence electrons. The Morgan fingerprint density at radius 1 is 1.04 bits per heavy atom. The number of nitrogens with one attached hydrogen (secondary N) is 1. The molecule has 2 radical (unpaired) electrons. The van der Waals surface area contributed by atoms with E-state index in [1.165, 1.54) is 45.2 Å². The number of hydrogen-bond donors (Lipinski definition) is 0. The maximum absolute atomic E-state index is 6.94. The van der Waals surface area contributed by atoms with Gasteiger partial charge >= 0.3 is 30.2 Å². The van der Waals surface area contributed by atoms with Crippen molar-refractivity contribution in [3.63, 3.8) is 0 Å². The molecule has 0 aliphatic rings. The molecule has 0 aliphatic heterocycles. The average molecular weight is 517 g/mol. The average Bonchev–Trinajstić information content (AvgIpc) is 2.59. The minimum absolute atomic E-state index is 0. The fraction of sp³-hybridized carbons (Fsp3) is 0.353. The monoisotopic (exact) mass is 513 g/mol. The molecule has 0 fully saturated rings. The van der Waals surface area contributed by atoms with Gasteiger partial charge in [-0.05, 0) is 11.4 Å². The minimum atomic E-state index is -0.250. The number of hydrogen-bond acceptors (Lipinski definition) is 0. The second-order valence-corrected chi connectivity index (χ2v) is 6.42. The number of benzene rings is 1. The summed E-state index contributed by atoms with van der Waals surface area (Å²) in [5.41, 5.74) is 9.37. The van der Waals surface area contributed by atoms with Crippen molar-refractivity contribution in [2.24, 2.45) is 0 Å². The Hall–Kier alpha value is 0.950. The first kappa shape index (κ1) is 35.1. The van der Waals surface area contributed by atoms with E-state index in [0.717, 1.165) is 4.47 Å². The van der Waals surface area contributed by atoms with Crippen LogP contribution in [-0.2, 0) is 23.3 Å². The Morgan fingerprint density at radius 2 is 1.43 bits per heavy atom. The maximum atomic E-state index is 6.94. The van der Waals surface area contributed by atoms with Gasteiger partial charge in [0.25, 0.3) is 0 Å². The Kier molecular flexibility index (Phi) is 25.1. The molecule has 23 heavy (non-hydrogen) atoms. The second-order valence-electron chi connectivity index (χ2n) is 5.51. The predicted octanol–water partition coefficient (Wildman–Crippen LogP) is 7.14. The van der Waals surface area contributed by atoms with Crippen LogP contribution >= 0.6 is 40.7 Å². The van der Waals surface area contributed by atoms with E-state index in [0.29, 0.717) is 0 Å². The number of rotatable bonds is 0. The molecule has 0 saturated carbocycles. The summed E-state index contributed by atoms with van der Waals surface area (Å²) in [6.07, 6.45) is 0. The summed E-state index contributed by atoms with van der Waals surface area (Å²) in [6.45, 7) is 12.9. The van der Waals surface area contributed by atoms with Crippen LogP contribution in [0, 0.1) is 28.7 Å². The van der Waals surface area contributed by atoms with Crippen LogP contribution in [0.3, 0.4) is 0 Å². The van der Waals surface area contributed by atoms with Crippen LogP contribution in [0.2, 0.25) is 0 Å². The van der Waals surface area contributed by atoms with Crippen molar-refractivity contribution in [1.82, 2.24) is 0 Å². The molecule has 0 bridgehead atoms. The number of aryl methyl sites for hydroxylation is 2. The summed E-state index contributed by atoms with van der Waals surface area (Å²) in [4.78, 5) is 0. The van der Waals surface area contributed by atoms with Crippen LogP contribution in [-0.4, -0.2) is 12.4 Å². The van der Waals surface area contributed by atoms with E-state index in [9.17, 15) is 0 Å².